The summed E-state index contributed by atoms with van der Waals surface area (Å²) in [5.74, 6) is 1.73. The Labute approximate surface area is 354 Å². The molecule has 4 bridgehead atoms. The van der Waals surface area contributed by atoms with E-state index in [0.717, 1.165) is 34.6 Å². The molecule has 292 valence electrons. The van der Waals surface area contributed by atoms with Crippen LogP contribution in [0.5, 0.6) is 0 Å². The number of nitrogens with zero attached hydrogens (tertiary/aromatic N) is 2. The lowest BCUT2D eigenvalue weighted by atomic mass is 9.63. The van der Waals surface area contributed by atoms with Gasteiger partial charge in [0.1, 0.15) is 0 Å². The largest absolute Gasteiger partial charge is 0.365 e. The topological polar surface area (TPSA) is 18.5 Å². The third-order valence-electron chi connectivity index (χ3n) is 13.3. The first kappa shape index (κ1) is 36.3. The molecule has 2 aliphatic heterocycles. The van der Waals surface area contributed by atoms with E-state index in [2.05, 4.69) is 221 Å². The monoisotopic (exact) mass is 775 g/mol. The minimum Gasteiger partial charge on any atom is -0.365 e. The van der Waals surface area contributed by atoms with Crippen molar-refractivity contribution in [1.82, 2.24) is 0 Å². The summed E-state index contributed by atoms with van der Waals surface area (Å²) in [6.07, 6.45) is 6.62. The molecule has 0 unspecified atom stereocenters. The first-order valence-electron chi connectivity index (χ1n) is 21.8. The van der Waals surface area contributed by atoms with Gasteiger partial charge in [0.15, 0.2) is 0 Å². The minimum absolute atomic E-state index is 0.572. The predicted molar refractivity (Wildman–Crippen MR) is 253 cm³/mol. The number of hydrogen-bond acceptors (Lipinski definition) is 3. The second-order valence-corrected chi connectivity index (χ2v) is 17.1. The lowest BCUT2D eigenvalue weighted by Crippen LogP contribution is -2.58. The van der Waals surface area contributed by atoms with Gasteiger partial charge in [-0.2, -0.15) is 0 Å². The predicted octanol–water partition coefficient (Wildman–Crippen LogP) is 15.3. The molecule has 4 fully saturated rings. The normalized spacial score (nSPS) is 19.0. The molecule has 2 heterocycles. The molecule has 12 rings (SSSR count). The van der Waals surface area contributed by atoms with Crippen molar-refractivity contribution < 1.29 is 0 Å². The van der Waals surface area contributed by atoms with Crippen LogP contribution in [0.1, 0.15) is 32.1 Å². The second-order valence-electron chi connectivity index (χ2n) is 17.1. The Bertz CT molecular complexity index is 2590. The third-order valence-corrected chi connectivity index (χ3v) is 13.3. The van der Waals surface area contributed by atoms with Crippen LogP contribution in [-0.4, -0.2) is 12.1 Å². The van der Waals surface area contributed by atoms with Gasteiger partial charge in [0.05, 0.1) is 17.1 Å². The van der Waals surface area contributed by atoms with E-state index >= 15 is 0 Å². The maximum absolute atomic E-state index is 4.14. The highest BCUT2D eigenvalue weighted by Crippen LogP contribution is 2.53. The van der Waals surface area contributed by atoms with E-state index in [9.17, 15) is 0 Å². The molecule has 2 saturated carbocycles. The van der Waals surface area contributed by atoms with Gasteiger partial charge in [0.2, 0.25) is 0 Å². The summed E-state index contributed by atoms with van der Waals surface area (Å²) in [6, 6.07) is 76.4. The zero-order valence-electron chi connectivity index (χ0n) is 33.9. The molecule has 0 spiro atoms. The smallest absolute Gasteiger partial charge is 0.0618 e. The lowest BCUT2D eigenvalue weighted by Gasteiger charge is -2.57. The maximum atomic E-state index is 4.14. The average Bonchev–Trinajstić information content (AvgIpc) is 3.30. The Morgan fingerprint density at radius 2 is 0.800 bits per heavy atom. The first-order valence-corrected chi connectivity index (χ1v) is 21.8. The Balaban J connectivity index is 1.16. The fourth-order valence-electron chi connectivity index (χ4n) is 10.9. The molecule has 8 aromatic carbocycles. The van der Waals surface area contributed by atoms with E-state index < -0.39 is 0 Å². The van der Waals surface area contributed by atoms with Crippen LogP contribution in [0.15, 0.2) is 206 Å². The van der Waals surface area contributed by atoms with E-state index in [0.29, 0.717) is 12.1 Å². The molecule has 0 aromatic heterocycles. The van der Waals surface area contributed by atoms with Crippen LogP contribution in [-0.2, 0) is 0 Å². The Kier molecular flexibility index (Phi) is 9.51. The van der Waals surface area contributed by atoms with E-state index in [1.807, 2.05) is 0 Å². The molecule has 2 aliphatic carbocycles. The molecular weight excluding hydrogens is 727 g/mol. The molecule has 0 atom stereocenters. The van der Waals surface area contributed by atoms with Gasteiger partial charge < -0.3 is 15.1 Å². The van der Waals surface area contributed by atoms with E-state index in [1.54, 1.807) is 0 Å². The minimum atomic E-state index is 0.572. The summed E-state index contributed by atoms with van der Waals surface area (Å²) in [5.41, 5.74) is 16.4. The Hall–Kier alpha value is -6.84. The fraction of sp³-hybridized carbons (Fsp3) is 0.158. The van der Waals surface area contributed by atoms with Crippen LogP contribution in [0.2, 0.25) is 0 Å². The third kappa shape index (κ3) is 6.84. The lowest BCUT2D eigenvalue weighted by molar-refractivity contribution is 0.0900. The summed E-state index contributed by atoms with van der Waals surface area (Å²) >= 11 is 0. The van der Waals surface area contributed by atoms with Gasteiger partial charge in [-0.1, -0.05) is 176 Å². The SMILES string of the molecule is c1ccc(-c2cccc(-c3ccccc3)c2Nc2cc(N(c3ccccc3)c3c(-c4ccccc4)cccc3-c3ccccc3)cc(N3C4CC5CC(C4)CC3C5)c2)cc1. The fourth-order valence-corrected chi connectivity index (χ4v) is 10.9. The van der Waals surface area contributed by atoms with Crippen molar-refractivity contribution in [3.8, 4) is 44.5 Å². The Morgan fingerprint density at radius 3 is 1.27 bits per heavy atom. The summed E-state index contributed by atoms with van der Waals surface area (Å²) in [6.45, 7) is 0. The van der Waals surface area contributed by atoms with Gasteiger partial charge in [-0.3, -0.25) is 0 Å². The molecule has 0 amide bonds. The van der Waals surface area contributed by atoms with E-state index in [-0.39, 0.29) is 0 Å². The number of benzene rings is 8. The quantitative estimate of drug-likeness (QED) is 0.149. The average molecular weight is 776 g/mol. The molecular formula is C57H49N3. The zero-order valence-corrected chi connectivity index (χ0v) is 33.9. The van der Waals surface area contributed by atoms with Crippen LogP contribution < -0.4 is 15.1 Å². The van der Waals surface area contributed by atoms with E-state index in [1.165, 1.54) is 88.0 Å². The van der Waals surface area contributed by atoms with Crippen molar-refractivity contribution in [2.24, 2.45) is 11.8 Å². The Morgan fingerprint density at radius 1 is 0.383 bits per heavy atom. The van der Waals surface area contributed by atoms with Crippen molar-refractivity contribution >= 4 is 34.1 Å². The summed E-state index contributed by atoms with van der Waals surface area (Å²) in [7, 11) is 0. The van der Waals surface area contributed by atoms with Crippen molar-refractivity contribution in [2.75, 3.05) is 15.1 Å². The molecule has 1 N–H and O–H groups in total. The van der Waals surface area contributed by atoms with Crippen LogP contribution in [0.4, 0.5) is 34.1 Å². The number of nitrogens with one attached hydrogen (secondary N) is 1. The number of para-hydroxylation sites is 3. The van der Waals surface area contributed by atoms with Crippen molar-refractivity contribution in [1.29, 1.82) is 0 Å². The highest BCUT2D eigenvalue weighted by molar-refractivity contribution is 5.99. The van der Waals surface area contributed by atoms with Gasteiger partial charge in [0, 0.05) is 51.4 Å². The van der Waals surface area contributed by atoms with Crippen LogP contribution in [0.25, 0.3) is 44.5 Å². The van der Waals surface area contributed by atoms with Gasteiger partial charge >= 0.3 is 0 Å². The summed E-state index contributed by atoms with van der Waals surface area (Å²) < 4.78 is 0. The first-order chi connectivity index (χ1) is 29.7. The van der Waals surface area contributed by atoms with Gasteiger partial charge in [0.25, 0.3) is 0 Å². The summed E-state index contributed by atoms with van der Waals surface area (Å²) in [4.78, 5) is 5.37. The van der Waals surface area contributed by atoms with Crippen molar-refractivity contribution in [3.05, 3.63) is 206 Å². The number of rotatable bonds is 10. The molecule has 3 nitrogen and oxygen atoms in total. The van der Waals surface area contributed by atoms with Crippen LogP contribution >= 0.6 is 0 Å². The molecule has 0 radical (unpaired) electrons. The summed E-state index contributed by atoms with van der Waals surface area (Å²) in [5, 5.41) is 4.14. The van der Waals surface area contributed by atoms with Gasteiger partial charge in [-0.05, 0) is 96.5 Å². The number of hydrogen-bond donors (Lipinski definition) is 1. The highest BCUT2D eigenvalue weighted by atomic mass is 15.2. The van der Waals surface area contributed by atoms with Gasteiger partial charge in [-0.15, -0.1) is 0 Å². The molecule has 8 aromatic rings. The van der Waals surface area contributed by atoms with Gasteiger partial charge in [-0.25, -0.2) is 0 Å². The van der Waals surface area contributed by atoms with Crippen molar-refractivity contribution in [2.45, 2.75) is 44.2 Å². The molecule has 3 heteroatoms. The van der Waals surface area contributed by atoms with E-state index in [4.69, 9.17) is 0 Å². The van der Waals surface area contributed by atoms with Crippen molar-refractivity contribution in [3.63, 3.8) is 0 Å². The zero-order chi connectivity index (χ0) is 39.8. The van der Waals surface area contributed by atoms with Crippen LogP contribution in [0, 0.1) is 11.8 Å². The molecule has 4 aliphatic rings. The molecule has 2 saturated heterocycles. The molecule has 60 heavy (non-hydrogen) atoms. The highest BCUT2D eigenvalue weighted by Gasteiger charge is 2.47. The maximum Gasteiger partial charge on any atom is 0.0618 e. The standard InChI is InChI=1S/C57H49N3/c1-6-18-42(19-7-1)52-28-16-29-53(43-20-8-2-9-21-43)56(52)58-46-37-50(59-48-33-40-32-41(35-48)36-49(59)34-40)39-51(38-46)60(47-26-14-5-15-27-47)57-54(44-22-10-3-11-23-44)30-17-31-55(57)45-24-12-4-13-25-45/h1-31,37-41,48-49,58H,32-36H2. The number of piperidine rings is 2. The number of anilines is 6. The second kappa shape index (κ2) is 15.7. The van der Waals surface area contributed by atoms with Crippen LogP contribution in [0.3, 0.4) is 0 Å².